The molecule has 0 radical (unpaired) electrons. The number of nitrogens with zero attached hydrogens (tertiary/aromatic N) is 3. The SMILES string of the molecule is CCC(CO)N1CCN(C(=O)c2ccc(-n3cccc3)c(F)c2)CC1. The molecule has 1 saturated heterocycles. The largest absolute Gasteiger partial charge is 0.395 e. The summed E-state index contributed by atoms with van der Waals surface area (Å²) < 4.78 is 16.1. The van der Waals surface area contributed by atoms with E-state index in [1.807, 2.05) is 19.1 Å². The summed E-state index contributed by atoms with van der Waals surface area (Å²) in [6, 6.07) is 8.43. The summed E-state index contributed by atoms with van der Waals surface area (Å²) in [5, 5.41) is 9.40. The van der Waals surface area contributed by atoms with Gasteiger partial charge in [0.05, 0.1) is 12.3 Å². The lowest BCUT2D eigenvalue weighted by atomic mass is 10.1. The molecule has 1 amide bonds. The number of hydrogen-bond donors (Lipinski definition) is 1. The lowest BCUT2D eigenvalue weighted by Gasteiger charge is -2.38. The Morgan fingerprint density at radius 1 is 1.20 bits per heavy atom. The minimum absolute atomic E-state index is 0.135. The number of aliphatic hydroxyl groups is 1. The maximum absolute atomic E-state index is 14.4. The first kappa shape index (κ1) is 17.6. The fourth-order valence-corrected chi connectivity index (χ4v) is 3.32. The molecular formula is C19H24FN3O2. The van der Waals surface area contributed by atoms with Crippen molar-refractivity contribution in [1.29, 1.82) is 0 Å². The molecule has 0 saturated carbocycles. The fraction of sp³-hybridized carbons (Fsp3) is 0.421. The van der Waals surface area contributed by atoms with Crippen molar-refractivity contribution in [3.63, 3.8) is 0 Å². The van der Waals surface area contributed by atoms with Crippen LogP contribution in [0.5, 0.6) is 0 Å². The molecule has 6 heteroatoms. The zero-order valence-electron chi connectivity index (χ0n) is 14.4. The Morgan fingerprint density at radius 3 is 2.44 bits per heavy atom. The zero-order valence-corrected chi connectivity index (χ0v) is 14.4. The van der Waals surface area contributed by atoms with Gasteiger partial charge >= 0.3 is 0 Å². The second kappa shape index (κ2) is 7.80. The van der Waals surface area contributed by atoms with E-state index < -0.39 is 5.82 Å². The smallest absolute Gasteiger partial charge is 0.254 e. The molecule has 134 valence electrons. The molecule has 1 aromatic heterocycles. The van der Waals surface area contributed by atoms with Gasteiger partial charge in [-0.1, -0.05) is 6.92 Å². The third-order valence-electron chi connectivity index (χ3n) is 4.88. The second-order valence-corrected chi connectivity index (χ2v) is 6.33. The number of aromatic nitrogens is 1. The number of carbonyl (C=O) groups is 1. The van der Waals surface area contributed by atoms with Crippen molar-refractivity contribution < 1.29 is 14.3 Å². The van der Waals surface area contributed by atoms with Gasteiger partial charge in [-0.05, 0) is 36.8 Å². The third kappa shape index (κ3) is 3.75. The lowest BCUT2D eigenvalue weighted by molar-refractivity contribution is 0.0472. The van der Waals surface area contributed by atoms with Crippen molar-refractivity contribution in [2.45, 2.75) is 19.4 Å². The molecule has 5 nitrogen and oxygen atoms in total. The van der Waals surface area contributed by atoms with Crippen LogP contribution in [0.2, 0.25) is 0 Å². The van der Waals surface area contributed by atoms with Gasteiger partial charge < -0.3 is 14.6 Å². The highest BCUT2D eigenvalue weighted by Gasteiger charge is 2.26. The highest BCUT2D eigenvalue weighted by Crippen LogP contribution is 2.18. The number of rotatable bonds is 5. The van der Waals surface area contributed by atoms with E-state index in [1.165, 1.54) is 6.07 Å². The Morgan fingerprint density at radius 2 is 1.88 bits per heavy atom. The van der Waals surface area contributed by atoms with Crippen LogP contribution in [-0.2, 0) is 0 Å². The first-order valence-corrected chi connectivity index (χ1v) is 8.71. The topological polar surface area (TPSA) is 48.7 Å². The Balaban J connectivity index is 1.67. The molecule has 1 fully saturated rings. The van der Waals surface area contributed by atoms with Gasteiger partial charge in [-0.15, -0.1) is 0 Å². The van der Waals surface area contributed by atoms with Crippen LogP contribution in [0.15, 0.2) is 42.7 Å². The van der Waals surface area contributed by atoms with Crippen LogP contribution in [0.1, 0.15) is 23.7 Å². The lowest BCUT2D eigenvalue weighted by Crippen LogP contribution is -2.52. The molecule has 0 bridgehead atoms. The Hall–Kier alpha value is -2.18. The summed E-state index contributed by atoms with van der Waals surface area (Å²) in [6.07, 6.45) is 4.42. The molecule has 2 heterocycles. The van der Waals surface area contributed by atoms with Crippen molar-refractivity contribution in [1.82, 2.24) is 14.4 Å². The summed E-state index contributed by atoms with van der Waals surface area (Å²) in [4.78, 5) is 16.6. The zero-order chi connectivity index (χ0) is 17.8. The second-order valence-electron chi connectivity index (χ2n) is 6.33. The molecule has 1 N–H and O–H groups in total. The van der Waals surface area contributed by atoms with Crippen molar-refractivity contribution >= 4 is 5.91 Å². The maximum Gasteiger partial charge on any atom is 0.254 e. The first-order valence-electron chi connectivity index (χ1n) is 8.71. The summed E-state index contributed by atoms with van der Waals surface area (Å²) in [7, 11) is 0. The third-order valence-corrected chi connectivity index (χ3v) is 4.88. The van der Waals surface area contributed by atoms with E-state index in [4.69, 9.17) is 0 Å². The highest BCUT2D eigenvalue weighted by molar-refractivity contribution is 5.94. The highest BCUT2D eigenvalue weighted by atomic mass is 19.1. The molecule has 1 unspecified atom stereocenters. The van der Waals surface area contributed by atoms with E-state index >= 15 is 0 Å². The monoisotopic (exact) mass is 345 g/mol. The van der Waals surface area contributed by atoms with E-state index in [2.05, 4.69) is 4.90 Å². The van der Waals surface area contributed by atoms with Crippen LogP contribution in [0, 0.1) is 5.82 Å². The first-order chi connectivity index (χ1) is 12.1. The summed E-state index contributed by atoms with van der Waals surface area (Å²) in [5.74, 6) is -0.554. The minimum Gasteiger partial charge on any atom is -0.395 e. The molecular weight excluding hydrogens is 321 g/mol. The van der Waals surface area contributed by atoms with Crippen LogP contribution in [-0.4, -0.2) is 64.2 Å². The van der Waals surface area contributed by atoms with E-state index in [0.29, 0.717) is 24.3 Å². The summed E-state index contributed by atoms with van der Waals surface area (Å²) in [5.41, 5.74) is 0.802. The number of piperazine rings is 1. The number of benzene rings is 1. The van der Waals surface area contributed by atoms with Crippen molar-refractivity contribution in [3.8, 4) is 5.69 Å². The molecule has 0 spiro atoms. The van der Waals surface area contributed by atoms with Gasteiger partial charge in [0, 0.05) is 50.2 Å². The molecule has 1 aliphatic rings. The fourth-order valence-electron chi connectivity index (χ4n) is 3.32. The van der Waals surface area contributed by atoms with Crippen LogP contribution in [0.4, 0.5) is 4.39 Å². The van der Waals surface area contributed by atoms with Gasteiger partial charge in [0.1, 0.15) is 5.82 Å². The molecule has 1 atom stereocenters. The molecule has 1 aliphatic heterocycles. The Labute approximate surface area is 147 Å². The number of aliphatic hydroxyl groups excluding tert-OH is 1. The molecule has 1 aromatic carbocycles. The van der Waals surface area contributed by atoms with Crippen molar-refractivity contribution in [3.05, 3.63) is 54.1 Å². The Bertz CT molecular complexity index is 705. The quantitative estimate of drug-likeness (QED) is 0.903. The number of carbonyl (C=O) groups excluding carboxylic acids is 1. The molecule has 2 aromatic rings. The normalized spacial score (nSPS) is 16.8. The van der Waals surface area contributed by atoms with Crippen LogP contribution in [0.3, 0.4) is 0 Å². The van der Waals surface area contributed by atoms with Crippen LogP contribution in [0.25, 0.3) is 5.69 Å². The van der Waals surface area contributed by atoms with Gasteiger partial charge in [0.2, 0.25) is 0 Å². The molecule has 25 heavy (non-hydrogen) atoms. The number of amides is 1. The van der Waals surface area contributed by atoms with Gasteiger partial charge in [0.25, 0.3) is 5.91 Å². The average molecular weight is 345 g/mol. The molecule has 0 aliphatic carbocycles. The predicted molar refractivity (Wildman–Crippen MR) is 94.4 cm³/mol. The van der Waals surface area contributed by atoms with E-state index in [0.717, 1.165) is 19.5 Å². The standard InChI is InChI=1S/C19H24FN3O2/c1-2-16(14-24)21-9-11-23(12-10-21)19(25)15-5-6-18(17(20)13-15)22-7-3-4-8-22/h3-8,13,16,24H,2,9-12,14H2,1H3. The minimum atomic E-state index is -0.410. The average Bonchev–Trinajstić information content (AvgIpc) is 3.17. The van der Waals surface area contributed by atoms with Crippen LogP contribution < -0.4 is 0 Å². The van der Waals surface area contributed by atoms with Gasteiger partial charge in [-0.25, -0.2) is 4.39 Å². The van der Waals surface area contributed by atoms with E-state index in [1.54, 1.807) is 34.0 Å². The van der Waals surface area contributed by atoms with Crippen molar-refractivity contribution in [2.24, 2.45) is 0 Å². The number of halogens is 1. The van der Waals surface area contributed by atoms with E-state index in [-0.39, 0.29) is 18.6 Å². The number of hydrogen-bond acceptors (Lipinski definition) is 3. The Kier molecular flexibility index (Phi) is 5.50. The molecule has 3 rings (SSSR count). The van der Waals surface area contributed by atoms with E-state index in [9.17, 15) is 14.3 Å². The predicted octanol–water partition coefficient (Wildman–Crippen LogP) is 2.15. The van der Waals surface area contributed by atoms with Gasteiger partial charge in [0.15, 0.2) is 0 Å². The summed E-state index contributed by atoms with van der Waals surface area (Å²) >= 11 is 0. The van der Waals surface area contributed by atoms with Gasteiger partial charge in [-0.3, -0.25) is 9.69 Å². The van der Waals surface area contributed by atoms with Crippen molar-refractivity contribution in [2.75, 3.05) is 32.8 Å². The maximum atomic E-state index is 14.4. The van der Waals surface area contributed by atoms with Crippen LogP contribution >= 0.6 is 0 Å². The van der Waals surface area contributed by atoms with Gasteiger partial charge in [-0.2, -0.15) is 0 Å². The summed E-state index contributed by atoms with van der Waals surface area (Å²) in [6.45, 7) is 4.83.